The molecule has 0 amide bonds. The van der Waals surface area contributed by atoms with E-state index < -0.39 is 0 Å². The van der Waals surface area contributed by atoms with E-state index in [2.05, 4.69) is 61.3 Å². The van der Waals surface area contributed by atoms with Gasteiger partial charge in [-0.1, -0.05) is 48.0 Å². The Morgan fingerprint density at radius 2 is 1.78 bits per heavy atom. The Bertz CT molecular complexity index is 714. The molecule has 0 fully saturated rings. The minimum atomic E-state index is 1.09. The van der Waals surface area contributed by atoms with Gasteiger partial charge in [-0.15, -0.1) is 0 Å². The number of fused-ring (bicyclic) bond motifs is 1. The first kappa shape index (κ1) is 11.0. The predicted molar refractivity (Wildman–Crippen MR) is 76.7 cm³/mol. The summed E-state index contributed by atoms with van der Waals surface area (Å²) in [7, 11) is 0. The molecule has 3 rings (SSSR count). The van der Waals surface area contributed by atoms with Crippen LogP contribution in [0, 0.1) is 13.8 Å². The molecule has 88 valence electrons. The first-order valence-electron chi connectivity index (χ1n) is 6.17. The Hall–Kier alpha value is -2.15. The van der Waals surface area contributed by atoms with Crippen LogP contribution in [0.3, 0.4) is 0 Å². The third kappa shape index (κ3) is 1.78. The maximum Gasteiger partial charge on any atom is 0.0782 e. The van der Waals surface area contributed by atoms with Gasteiger partial charge >= 0.3 is 0 Å². The van der Waals surface area contributed by atoms with Gasteiger partial charge in [0.1, 0.15) is 0 Å². The van der Waals surface area contributed by atoms with Crippen molar-refractivity contribution in [2.24, 2.45) is 0 Å². The van der Waals surface area contributed by atoms with Crippen LogP contribution < -0.4 is 0 Å². The van der Waals surface area contributed by atoms with E-state index >= 15 is 0 Å². The fourth-order valence-electron chi connectivity index (χ4n) is 2.36. The van der Waals surface area contributed by atoms with Gasteiger partial charge < -0.3 is 0 Å². The molecule has 0 aliphatic rings. The van der Waals surface area contributed by atoms with E-state index in [0.717, 1.165) is 5.52 Å². The molecule has 1 aromatic heterocycles. The quantitative estimate of drug-likeness (QED) is 0.602. The van der Waals surface area contributed by atoms with Gasteiger partial charge in [-0.25, -0.2) is 0 Å². The highest BCUT2D eigenvalue weighted by molar-refractivity contribution is 5.95. The van der Waals surface area contributed by atoms with E-state index in [9.17, 15) is 0 Å². The summed E-state index contributed by atoms with van der Waals surface area (Å²) in [5, 5.41) is 1.23. The van der Waals surface area contributed by atoms with Crippen molar-refractivity contribution in [1.82, 2.24) is 4.98 Å². The third-order valence-corrected chi connectivity index (χ3v) is 3.32. The summed E-state index contributed by atoms with van der Waals surface area (Å²) in [6.07, 6.45) is 1.86. The topological polar surface area (TPSA) is 12.9 Å². The Morgan fingerprint density at radius 1 is 0.889 bits per heavy atom. The summed E-state index contributed by atoms with van der Waals surface area (Å²) >= 11 is 0. The second kappa shape index (κ2) is 4.26. The second-order valence-electron chi connectivity index (χ2n) is 4.70. The van der Waals surface area contributed by atoms with E-state index in [1.54, 1.807) is 0 Å². The van der Waals surface area contributed by atoms with E-state index in [-0.39, 0.29) is 0 Å². The molecule has 1 heteroatoms. The number of benzene rings is 2. The Labute approximate surface area is 107 Å². The summed E-state index contributed by atoms with van der Waals surface area (Å²) < 4.78 is 0. The zero-order valence-corrected chi connectivity index (χ0v) is 10.6. The molecule has 0 saturated carbocycles. The molecule has 3 aromatic rings. The summed E-state index contributed by atoms with van der Waals surface area (Å²) in [4.78, 5) is 4.55. The molecular weight excluding hydrogens is 218 g/mol. The van der Waals surface area contributed by atoms with Crippen LogP contribution in [-0.2, 0) is 0 Å². The van der Waals surface area contributed by atoms with Crippen molar-refractivity contribution in [2.75, 3.05) is 0 Å². The van der Waals surface area contributed by atoms with Crippen LogP contribution in [0.1, 0.15) is 11.1 Å². The zero-order valence-electron chi connectivity index (χ0n) is 10.6. The predicted octanol–water partition coefficient (Wildman–Crippen LogP) is 4.52. The maximum atomic E-state index is 4.55. The fraction of sp³-hybridized carbons (Fsp3) is 0.118. The molecule has 2 aromatic carbocycles. The van der Waals surface area contributed by atoms with E-state index in [4.69, 9.17) is 0 Å². The molecule has 0 N–H and O–H groups in total. The molecule has 0 spiro atoms. The van der Waals surface area contributed by atoms with Crippen LogP contribution in [-0.4, -0.2) is 4.98 Å². The zero-order chi connectivity index (χ0) is 12.5. The third-order valence-electron chi connectivity index (χ3n) is 3.32. The van der Waals surface area contributed by atoms with Crippen molar-refractivity contribution in [3.63, 3.8) is 0 Å². The maximum absolute atomic E-state index is 4.55. The highest BCUT2D eigenvalue weighted by Gasteiger charge is 2.06. The van der Waals surface area contributed by atoms with Crippen LogP contribution in [0.5, 0.6) is 0 Å². The summed E-state index contributed by atoms with van der Waals surface area (Å²) in [5.41, 5.74) is 6.08. The molecule has 1 heterocycles. The van der Waals surface area contributed by atoms with Crippen LogP contribution in [0.4, 0.5) is 0 Å². The van der Waals surface area contributed by atoms with E-state index in [1.807, 2.05) is 12.3 Å². The summed E-state index contributed by atoms with van der Waals surface area (Å²) in [5.74, 6) is 0. The molecule has 0 unspecified atom stereocenters. The van der Waals surface area contributed by atoms with Crippen molar-refractivity contribution in [3.05, 3.63) is 65.9 Å². The van der Waals surface area contributed by atoms with Crippen LogP contribution in [0.15, 0.2) is 54.7 Å². The van der Waals surface area contributed by atoms with Crippen molar-refractivity contribution in [3.8, 4) is 11.1 Å². The van der Waals surface area contributed by atoms with Gasteiger partial charge in [-0.05, 0) is 31.0 Å². The van der Waals surface area contributed by atoms with Crippen LogP contribution in [0.25, 0.3) is 22.0 Å². The lowest BCUT2D eigenvalue weighted by Crippen LogP contribution is -1.87. The first-order chi connectivity index (χ1) is 8.75. The minimum absolute atomic E-state index is 1.09. The lowest BCUT2D eigenvalue weighted by molar-refractivity contribution is 1.38. The van der Waals surface area contributed by atoms with Gasteiger partial charge in [0.2, 0.25) is 0 Å². The SMILES string of the molecule is Cc1cccc(-c2ccc(C)c3cccnc23)c1. The molecule has 0 atom stereocenters. The lowest BCUT2D eigenvalue weighted by Gasteiger charge is -2.08. The second-order valence-corrected chi connectivity index (χ2v) is 4.70. The van der Waals surface area contributed by atoms with Crippen molar-refractivity contribution in [2.45, 2.75) is 13.8 Å². The highest BCUT2D eigenvalue weighted by atomic mass is 14.6. The lowest BCUT2D eigenvalue weighted by atomic mass is 9.98. The standard InChI is InChI=1S/C17H15N/c1-12-5-3-6-14(11-12)16-9-8-13(2)15-7-4-10-18-17(15)16/h3-11H,1-2H3. The van der Waals surface area contributed by atoms with Gasteiger partial charge in [-0.2, -0.15) is 0 Å². The number of nitrogens with zero attached hydrogens (tertiary/aromatic N) is 1. The van der Waals surface area contributed by atoms with Gasteiger partial charge in [0.05, 0.1) is 5.52 Å². The molecule has 0 aliphatic heterocycles. The van der Waals surface area contributed by atoms with Crippen molar-refractivity contribution >= 4 is 10.9 Å². The number of aryl methyl sites for hydroxylation is 2. The minimum Gasteiger partial charge on any atom is -0.256 e. The molecule has 18 heavy (non-hydrogen) atoms. The molecule has 1 nitrogen and oxygen atoms in total. The molecule has 0 bridgehead atoms. The smallest absolute Gasteiger partial charge is 0.0782 e. The van der Waals surface area contributed by atoms with Crippen LogP contribution in [0.2, 0.25) is 0 Å². The summed E-state index contributed by atoms with van der Waals surface area (Å²) in [6.45, 7) is 4.25. The average Bonchev–Trinajstić information content (AvgIpc) is 2.39. The Kier molecular flexibility index (Phi) is 2.60. The number of pyridine rings is 1. The van der Waals surface area contributed by atoms with Crippen LogP contribution >= 0.6 is 0 Å². The van der Waals surface area contributed by atoms with E-state index in [1.165, 1.54) is 27.6 Å². The average molecular weight is 233 g/mol. The van der Waals surface area contributed by atoms with Gasteiger partial charge in [0.15, 0.2) is 0 Å². The Balaban J connectivity index is 2.33. The largest absolute Gasteiger partial charge is 0.256 e. The Morgan fingerprint density at radius 3 is 2.61 bits per heavy atom. The number of hydrogen-bond acceptors (Lipinski definition) is 1. The summed E-state index contributed by atoms with van der Waals surface area (Å²) in [6, 6.07) is 17.0. The normalized spacial score (nSPS) is 10.8. The number of rotatable bonds is 1. The first-order valence-corrected chi connectivity index (χ1v) is 6.17. The number of hydrogen-bond donors (Lipinski definition) is 0. The van der Waals surface area contributed by atoms with E-state index in [0.29, 0.717) is 0 Å². The van der Waals surface area contributed by atoms with Gasteiger partial charge in [0.25, 0.3) is 0 Å². The molecular formula is C17H15N. The monoisotopic (exact) mass is 233 g/mol. The van der Waals surface area contributed by atoms with Crippen molar-refractivity contribution in [1.29, 1.82) is 0 Å². The molecule has 0 saturated heterocycles. The fourth-order valence-corrected chi connectivity index (χ4v) is 2.36. The van der Waals surface area contributed by atoms with Gasteiger partial charge in [-0.3, -0.25) is 4.98 Å². The number of aromatic nitrogens is 1. The highest BCUT2D eigenvalue weighted by Crippen LogP contribution is 2.29. The van der Waals surface area contributed by atoms with Crippen molar-refractivity contribution < 1.29 is 0 Å². The van der Waals surface area contributed by atoms with Gasteiger partial charge in [0, 0.05) is 17.1 Å². The molecule has 0 aliphatic carbocycles. The molecule has 0 radical (unpaired) electrons.